The first-order valence-electron chi connectivity index (χ1n) is 11.1. The Morgan fingerprint density at radius 1 is 0.677 bits per heavy atom. The number of aromatic hydroxyl groups is 2. The minimum absolute atomic E-state index is 0.00782. The van der Waals surface area contributed by atoms with Gasteiger partial charge in [-0.2, -0.15) is 0 Å². The van der Waals surface area contributed by atoms with E-state index in [-0.39, 0.29) is 32.8 Å². The maximum atomic E-state index is 13.1. The normalized spacial score (nSPS) is 11.4. The Morgan fingerprint density at radius 2 is 1.10 bits per heavy atom. The molecule has 0 bridgehead atoms. The summed E-state index contributed by atoms with van der Waals surface area (Å²) in [6.07, 6.45) is 8.13. The molecule has 0 aromatic heterocycles. The zero-order valence-corrected chi connectivity index (χ0v) is 19.3. The number of ether oxygens (including phenoxy) is 2. The first kappa shape index (κ1) is 24.9. The SMILES string of the molecule is CCCCCCOc1cc(S(=O)(=O)c2ccc(O)c(OCCCCCC)c2)ccc1O. The van der Waals surface area contributed by atoms with Gasteiger partial charge in [0.15, 0.2) is 23.0 Å². The van der Waals surface area contributed by atoms with Gasteiger partial charge in [0.05, 0.1) is 23.0 Å². The molecule has 0 radical (unpaired) electrons. The highest BCUT2D eigenvalue weighted by Gasteiger charge is 2.21. The maximum Gasteiger partial charge on any atom is 0.206 e. The van der Waals surface area contributed by atoms with Crippen molar-refractivity contribution in [2.24, 2.45) is 0 Å². The average Bonchev–Trinajstić information content (AvgIpc) is 2.75. The van der Waals surface area contributed by atoms with E-state index in [4.69, 9.17) is 9.47 Å². The van der Waals surface area contributed by atoms with Crippen molar-refractivity contribution in [3.05, 3.63) is 36.4 Å². The second-order valence-corrected chi connectivity index (χ2v) is 9.53. The molecule has 0 heterocycles. The Bertz CT molecular complexity index is 854. The van der Waals surface area contributed by atoms with Gasteiger partial charge < -0.3 is 19.7 Å². The molecule has 0 amide bonds. The number of unbranched alkanes of at least 4 members (excludes halogenated alkanes) is 6. The lowest BCUT2D eigenvalue weighted by atomic mass is 10.2. The summed E-state index contributed by atoms with van der Waals surface area (Å²) in [5.41, 5.74) is 0. The molecule has 172 valence electrons. The Balaban J connectivity index is 2.15. The van der Waals surface area contributed by atoms with Gasteiger partial charge in [0.25, 0.3) is 0 Å². The van der Waals surface area contributed by atoms with Crippen molar-refractivity contribution < 1.29 is 28.1 Å². The van der Waals surface area contributed by atoms with Gasteiger partial charge in [-0.1, -0.05) is 52.4 Å². The van der Waals surface area contributed by atoms with E-state index in [1.165, 1.54) is 36.4 Å². The van der Waals surface area contributed by atoms with Crippen molar-refractivity contribution in [3.8, 4) is 23.0 Å². The molecule has 2 rings (SSSR count). The van der Waals surface area contributed by atoms with Crippen molar-refractivity contribution in [1.82, 2.24) is 0 Å². The van der Waals surface area contributed by atoms with Crippen LogP contribution < -0.4 is 9.47 Å². The maximum absolute atomic E-state index is 13.1. The third-order valence-corrected chi connectivity index (χ3v) is 6.74. The Labute approximate surface area is 185 Å². The molecule has 0 atom stereocenters. The molecule has 0 saturated heterocycles. The van der Waals surface area contributed by atoms with Gasteiger partial charge in [-0.3, -0.25) is 0 Å². The molecular weight excluding hydrogens is 416 g/mol. The lowest BCUT2D eigenvalue weighted by Crippen LogP contribution is -2.05. The summed E-state index contributed by atoms with van der Waals surface area (Å²) in [5.74, 6) is 0.0833. The van der Waals surface area contributed by atoms with Gasteiger partial charge in [0, 0.05) is 12.1 Å². The van der Waals surface area contributed by atoms with Gasteiger partial charge >= 0.3 is 0 Å². The zero-order chi connectivity index (χ0) is 22.7. The van der Waals surface area contributed by atoms with Crippen LogP contribution in [0.2, 0.25) is 0 Å². The van der Waals surface area contributed by atoms with Crippen LogP contribution in [-0.4, -0.2) is 31.8 Å². The van der Waals surface area contributed by atoms with Crippen LogP contribution in [0.5, 0.6) is 23.0 Å². The number of benzene rings is 2. The highest BCUT2D eigenvalue weighted by Crippen LogP contribution is 2.35. The predicted molar refractivity (Wildman–Crippen MR) is 121 cm³/mol. The summed E-state index contributed by atoms with van der Waals surface area (Å²) in [6.45, 7) is 5.05. The largest absolute Gasteiger partial charge is 0.504 e. The molecule has 2 aromatic rings. The summed E-state index contributed by atoms with van der Waals surface area (Å²) in [6, 6.07) is 7.99. The van der Waals surface area contributed by atoms with Crippen LogP contribution in [0.3, 0.4) is 0 Å². The van der Waals surface area contributed by atoms with Gasteiger partial charge in [-0.05, 0) is 37.1 Å². The van der Waals surface area contributed by atoms with Crippen LogP contribution in [0.25, 0.3) is 0 Å². The van der Waals surface area contributed by atoms with Gasteiger partial charge in [-0.15, -0.1) is 0 Å². The lowest BCUT2D eigenvalue weighted by Gasteiger charge is -2.12. The van der Waals surface area contributed by atoms with Gasteiger partial charge in [0.1, 0.15) is 0 Å². The van der Waals surface area contributed by atoms with E-state index in [2.05, 4.69) is 13.8 Å². The molecule has 2 N–H and O–H groups in total. The van der Waals surface area contributed by atoms with Crippen LogP contribution in [0.1, 0.15) is 65.2 Å². The highest BCUT2D eigenvalue weighted by molar-refractivity contribution is 7.91. The van der Waals surface area contributed by atoms with Crippen LogP contribution in [0, 0.1) is 0 Å². The monoisotopic (exact) mass is 450 g/mol. The smallest absolute Gasteiger partial charge is 0.206 e. The van der Waals surface area contributed by atoms with Crippen molar-refractivity contribution in [3.63, 3.8) is 0 Å². The fourth-order valence-corrected chi connectivity index (χ4v) is 4.40. The van der Waals surface area contributed by atoms with E-state index in [9.17, 15) is 18.6 Å². The predicted octanol–water partition coefficient (Wildman–Crippen LogP) is 5.85. The summed E-state index contributed by atoms with van der Waals surface area (Å²) in [4.78, 5) is 0.0156. The van der Waals surface area contributed by atoms with E-state index < -0.39 is 9.84 Å². The second kappa shape index (κ2) is 12.4. The van der Waals surface area contributed by atoms with Gasteiger partial charge in [0.2, 0.25) is 9.84 Å². The van der Waals surface area contributed by atoms with E-state index in [1.54, 1.807) is 0 Å². The fourth-order valence-electron chi connectivity index (χ4n) is 3.11. The number of hydrogen-bond donors (Lipinski definition) is 2. The van der Waals surface area contributed by atoms with Crippen LogP contribution in [-0.2, 0) is 9.84 Å². The van der Waals surface area contributed by atoms with Crippen LogP contribution >= 0.6 is 0 Å². The quantitative estimate of drug-likeness (QED) is 0.351. The van der Waals surface area contributed by atoms with E-state index in [1.807, 2.05) is 0 Å². The number of phenols is 2. The summed E-state index contributed by atoms with van der Waals surface area (Å²) in [5, 5.41) is 20.1. The average molecular weight is 451 g/mol. The molecule has 0 spiro atoms. The minimum Gasteiger partial charge on any atom is -0.504 e. The van der Waals surface area contributed by atoms with Gasteiger partial charge in [-0.25, -0.2) is 8.42 Å². The lowest BCUT2D eigenvalue weighted by molar-refractivity contribution is 0.288. The topological polar surface area (TPSA) is 93.1 Å². The molecule has 0 fully saturated rings. The number of rotatable bonds is 14. The molecule has 6 nitrogen and oxygen atoms in total. The van der Waals surface area contributed by atoms with Crippen molar-refractivity contribution in [2.75, 3.05) is 13.2 Å². The van der Waals surface area contributed by atoms with E-state index in [0.29, 0.717) is 13.2 Å². The molecule has 0 saturated carbocycles. The third-order valence-electron chi connectivity index (χ3n) is 4.99. The number of hydrogen-bond acceptors (Lipinski definition) is 6. The van der Waals surface area contributed by atoms with Crippen molar-refractivity contribution >= 4 is 9.84 Å². The highest BCUT2D eigenvalue weighted by atomic mass is 32.2. The fraction of sp³-hybridized carbons (Fsp3) is 0.500. The molecule has 0 aliphatic carbocycles. The number of phenolic OH excluding ortho intramolecular Hbond substituents is 2. The first-order chi connectivity index (χ1) is 14.9. The van der Waals surface area contributed by atoms with Crippen molar-refractivity contribution in [1.29, 1.82) is 0 Å². The van der Waals surface area contributed by atoms with Crippen molar-refractivity contribution in [2.45, 2.75) is 75.0 Å². The second-order valence-electron chi connectivity index (χ2n) is 7.58. The Kier molecular flexibility index (Phi) is 9.98. The summed E-state index contributed by atoms with van der Waals surface area (Å²) >= 11 is 0. The van der Waals surface area contributed by atoms with Crippen LogP contribution in [0.15, 0.2) is 46.2 Å². The van der Waals surface area contributed by atoms with E-state index >= 15 is 0 Å². The number of sulfone groups is 1. The van der Waals surface area contributed by atoms with Crippen LogP contribution in [0.4, 0.5) is 0 Å². The third kappa shape index (κ3) is 7.35. The molecule has 2 aromatic carbocycles. The molecule has 7 heteroatoms. The Morgan fingerprint density at radius 3 is 1.48 bits per heavy atom. The molecular formula is C24H34O6S. The molecule has 0 aliphatic heterocycles. The minimum atomic E-state index is -3.88. The first-order valence-corrected chi connectivity index (χ1v) is 12.5. The Hall–Kier alpha value is -2.41. The summed E-state index contributed by atoms with van der Waals surface area (Å²) in [7, 11) is -3.88. The molecule has 0 aliphatic rings. The zero-order valence-electron chi connectivity index (χ0n) is 18.5. The standard InChI is InChI=1S/C24H34O6S/c1-3-5-7-9-15-29-23-17-19(11-13-21(23)25)31(27,28)20-12-14-22(26)24(18-20)30-16-10-8-6-4-2/h11-14,17-18,25-26H,3-10,15-16H2,1-2H3. The van der Waals surface area contributed by atoms with E-state index in [0.717, 1.165) is 51.4 Å². The summed E-state index contributed by atoms with van der Waals surface area (Å²) < 4.78 is 37.4. The molecule has 0 unspecified atom stereocenters. The molecule has 31 heavy (non-hydrogen) atoms.